The van der Waals surface area contributed by atoms with Gasteiger partial charge in [0.15, 0.2) is 5.78 Å². The molecule has 1 aliphatic heterocycles. The number of fused-ring (bicyclic) bond motifs is 1. The maximum Gasteiger partial charge on any atom is 0.193 e. The average molecular weight is 458 g/mol. The number of carbonyl (C=O) groups excluding carboxylic acids is 1. The number of rotatable bonds is 7. The summed E-state index contributed by atoms with van der Waals surface area (Å²) in [5, 5.41) is 6.31. The lowest BCUT2D eigenvalue weighted by molar-refractivity contribution is 0.103. The Morgan fingerprint density at radius 1 is 0.912 bits per heavy atom. The molecule has 2 heterocycles. The van der Waals surface area contributed by atoms with E-state index in [0.717, 1.165) is 30.1 Å². The van der Waals surface area contributed by atoms with E-state index in [4.69, 9.17) is 9.72 Å². The fraction of sp³-hybridized carbons (Fsp3) is 0.192. The number of nitrogens with zero attached hydrogens (tertiary/aromatic N) is 3. The maximum atomic E-state index is 13.3. The highest BCUT2D eigenvalue weighted by atomic mass is 19.1. The van der Waals surface area contributed by atoms with Crippen LogP contribution >= 0.6 is 0 Å². The molecule has 1 fully saturated rings. The monoisotopic (exact) mass is 457 g/mol. The number of morpholine rings is 1. The number of hydrogen-bond donors (Lipinski definition) is 2. The third-order valence-electron chi connectivity index (χ3n) is 5.66. The first kappa shape index (κ1) is 21.8. The van der Waals surface area contributed by atoms with Gasteiger partial charge in [-0.05, 0) is 48.5 Å². The molecular formula is C26H24FN5O2. The molecule has 5 rings (SSSR count). The third-order valence-corrected chi connectivity index (χ3v) is 5.66. The zero-order chi connectivity index (χ0) is 23.3. The van der Waals surface area contributed by atoms with Gasteiger partial charge < -0.3 is 20.3 Å². The van der Waals surface area contributed by atoms with Gasteiger partial charge in [-0.3, -0.25) is 9.78 Å². The van der Waals surface area contributed by atoms with Crippen LogP contribution in [0.2, 0.25) is 0 Å². The Hall–Kier alpha value is -4.04. The molecule has 1 saturated heterocycles. The van der Waals surface area contributed by atoms with Gasteiger partial charge in [0, 0.05) is 35.6 Å². The molecule has 34 heavy (non-hydrogen) atoms. The van der Waals surface area contributed by atoms with Crippen LogP contribution in [0.25, 0.3) is 11.0 Å². The number of carbonyl (C=O) groups is 1. The standard InChI is InChI=1S/C26H24FN5O2/c27-20-4-2-6-22(15-20)30-17-29-21-5-1-3-18(13-21)26(33)19-7-8-23-24(14-19)31-25(16-28-23)32-9-11-34-12-10-32/h1-8,13-16,29-30H,9-12,17H2. The van der Waals surface area contributed by atoms with E-state index >= 15 is 0 Å². The highest BCUT2D eigenvalue weighted by molar-refractivity contribution is 6.10. The summed E-state index contributed by atoms with van der Waals surface area (Å²) < 4.78 is 18.7. The SMILES string of the molecule is O=C(c1cccc(NCNc2cccc(F)c2)c1)c1ccc2ncc(N3CCOCC3)nc2c1. The van der Waals surface area contributed by atoms with Crippen LogP contribution in [0.15, 0.2) is 72.9 Å². The first-order chi connectivity index (χ1) is 16.7. The summed E-state index contributed by atoms with van der Waals surface area (Å²) in [7, 11) is 0. The van der Waals surface area contributed by atoms with Gasteiger partial charge in [0.2, 0.25) is 0 Å². The molecule has 0 radical (unpaired) electrons. The van der Waals surface area contributed by atoms with E-state index in [1.165, 1.54) is 12.1 Å². The van der Waals surface area contributed by atoms with Crippen molar-refractivity contribution in [1.29, 1.82) is 0 Å². The first-order valence-corrected chi connectivity index (χ1v) is 11.1. The largest absolute Gasteiger partial charge is 0.378 e. The molecule has 2 N–H and O–H groups in total. The van der Waals surface area contributed by atoms with Gasteiger partial charge in [-0.1, -0.05) is 18.2 Å². The quantitative estimate of drug-likeness (QED) is 0.316. The van der Waals surface area contributed by atoms with Gasteiger partial charge in [-0.15, -0.1) is 0 Å². The van der Waals surface area contributed by atoms with Crippen LogP contribution < -0.4 is 15.5 Å². The third kappa shape index (κ3) is 4.97. The second-order valence-electron chi connectivity index (χ2n) is 7.98. The lowest BCUT2D eigenvalue weighted by Crippen LogP contribution is -2.36. The smallest absolute Gasteiger partial charge is 0.193 e. The van der Waals surface area contributed by atoms with Crippen LogP contribution in [0.4, 0.5) is 21.6 Å². The molecule has 4 aromatic rings. The second kappa shape index (κ2) is 9.84. The van der Waals surface area contributed by atoms with E-state index in [9.17, 15) is 9.18 Å². The fourth-order valence-corrected chi connectivity index (χ4v) is 3.87. The average Bonchev–Trinajstić information content (AvgIpc) is 2.88. The van der Waals surface area contributed by atoms with Gasteiger partial charge in [0.1, 0.15) is 11.6 Å². The molecule has 1 aliphatic rings. The van der Waals surface area contributed by atoms with Crippen molar-refractivity contribution in [3.63, 3.8) is 0 Å². The van der Waals surface area contributed by atoms with Crippen molar-refractivity contribution in [1.82, 2.24) is 9.97 Å². The lowest BCUT2D eigenvalue weighted by Gasteiger charge is -2.27. The molecule has 3 aromatic carbocycles. The van der Waals surface area contributed by atoms with E-state index in [0.29, 0.717) is 42.2 Å². The van der Waals surface area contributed by atoms with Gasteiger partial charge in [-0.25, -0.2) is 9.37 Å². The van der Waals surface area contributed by atoms with Crippen molar-refractivity contribution < 1.29 is 13.9 Å². The Morgan fingerprint density at radius 2 is 1.65 bits per heavy atom. The van der Waals surface area contributed by atoms with Crippen molar-refractivity contribution in [2.24, 2.45) is 0 Å². The van der Waals surface area contributed by atoms with Crippen molar-refractivity contribution in [2.45, 2.75) is 0 Å². The summed E-state index contributed by atoms with van der Waals surface area (Å²) in [6.45, 7) is 3.26. The number of aromatic nitrogens is 2. The number of ether oxygens (including phenoxy) is 1. The Kier molecular flexibility index (Phi) is 6.31. The first-order valence-electron chi connectivity index (χ1n) is 11.1. The van der Waals surface area contributed by atoms with Crippen molar-refractivity contribution in [3.8, 4) is 0 Å². The van der Waals surface area contributed by atoms with Crippen molar-refractivity contribution in [2.75, 3.05) is 48.5 Å². The summed E-state index contributed by atoms with van der Waals surface area (Å²) in [6.07, 6.45) is 1.77. The van der Waals surface area contributed by atoms with Crippen LogP contribution in [0.5, 0.6) is 0 Å². The topological polar surface area (TPSA) is 79.4 Å². The predicted molar refractivity (Wildman–Crippen MR) is 131 cm³/mol. The molecule has 7 nitrogen and oxygen atoms in total. The fourth-order valence-electron chi connectivity index (χ4n) is 3.87. The molecule has 0 atom stereocenters. The van der Waals surface area contributed by atoms with E-state index in [-0.39, 0.29) is 11.6 Å². The minimum atomic E-state index is -0.297. The van der Waals surface area contributed by atoms with Gasteiger partial charge in [-0.2, -0.15) is 0 Å². The Bertz CT molecular complexity index is 1320. The zero-order valence-electron chi connectivity index (χ0n) is 18.5. The Labute approximate surface area is 196 Å². The number of nitrogens with one attached hydrogen (secondary N) is 2. The molecule has 8 heteroatoms. The molecule has 0 bridgehead atoms. The molecule has 0 spiro atoms. The van der Waals surface area contributed by atoms with E-state index < -0.39 is 0 Å². The molecule has 0 amide bonds. The van der Waals surface area contributed by atoms with Gasteiger partial charge in [0.05, 0.1) is 37.1 Å². The molecule has 0 unspecified atom stereocenters. The Balaban J connectivity index is 1.30. The zero-order valence-corrected chi connectivity index (χ0v) is 18.5. The van der Waals surface area contributed by atoms with Crippen LogP contribution in [0.1, 0.15) is 15.9 Å². The van der Waals surface area contributed by atoms with Crippen molar-refractivity contribution >= 4 is 34.0 Å². The molecule has 0 aliphatic carbocycles. The predicted octanol–water partition coefficient (Wildman–Crippen LogP) is 4.32. The van der Waals surface area contributed by atoms with Crippen LogP contribution in [0.3, 0.4) is 0 Å². The number of anilines is 3. The molecule has 0 saturated carbocycles. The Morgan fingerprint density at radius 3 is 2.44 bits per heavy atom. The highest BCUT2D eigenvalue weighted by Gasteiger charge is 2.15. The molecular weight excluding hydrogens is 433 g/mol. The molecule has 1 aromatic heterocycles. The summed E-state index contributed by atoms with van der Waals surface area (Å²) >= 11 is 0. The van der Waals surface area contributed by atoms with E-state index in [1.807, 2.05) is 18.2 Å². The van der Waals surface area contributed by atoms with Gasteiger partial charge in [0.25, 0.3) is 0 Å². The van der Waals surface area contributed by atoms with E-state index in [1.54, 1.807) is 42.6 Å². The lowest BCUT2D eigenvalue weighted by atomic mass is 10.0. The summed E-state index contributed by atoms with van der Waals surface area (Å²) in [6, 6.07) is 18.9. The van der Waals surface area contributed by atoms with Crippen LogP contribution in [-0.4, -0.2) is 48.7 Å². The second-order valence-corrected chi connectivity index (χ2v) is 7.98. The summed E-state index contributed by atoms with van der Waals surface area (Å²) in [4.78, 5) is 24.6. The van der Waals surface area contributed by atoms with Crippen molar-refractivity contribution in [3.05, 3.63) is 89.9 Å². The molecule has 172 valence electrons. The number of hydrogen-bond acceptors (Lipinski definition) is 7. The minimum absolute atomic E-state index is 0.0952. The number of benzene rings is 3. The maximum absolute atomic E-state index is 13.3. The van der Waals surface area contributed by atoms with Gasteiger partial charge >= 0.3 is 0 Å². The number of ketones is 1. The summed E-state index contributed by atoms with van der Waals surface area (Å²) in [5.41, 5.74) is 4.00. The summed E-state index contributed by atoms with van der Waals surface area (Å²) in [5.74, 6) is 0.398. The van der Waals surface area contributed by atoms with Crippen LogP contribution in [0, 0.1) is 5.82 Å². The normalized spacial score (nSPS) is 13.6. The van der Waals surface area contributed by atoms with E-state index in [2.05, 4.69) is 20.5 Å². The highest BCUT2D eigenvalue weighted by Crippen LogP contribution is 2.21. The number of halogens is 1. The minimum Gasteiger partial charge on any atom is -0.378 e. The van der Waals surface area contributed by atoms with Crippen LogP contribution in [-0.2, 0) is 4.74 Å².